The summed E-state index contributed by atoms with van der Waals surface area (Å²) in [6.45, 7) is 1.97. The molecule has 29 heavy (non-hydrogen) atoms. The predicted molar refractivity (Wildman–Crippen MR) is 120 cm³/mol. The average molecular weight is 502 g/mol. The van der Waals surface area contributed by atoms with Crippen LogP contribution in [0, 0.1) is 10.5 Å². The minimum absolute atomic E-state index is 0.00206. The number of imide groups is 1. The Bertz CT molecular complexity index is 934. The van der Waals surface area contributed by atoms with E-state index >= 15 is 0 Å². The van der Waals surface area contributed by atoms with E-state index in [0.29, 0.717) is 11.3 Å². The summed E-state index contributed by atoms with van der Waals surface area (Å²) in [6, 6.07) is 14.0. The van der Waals surface area contributed by atoms with Crippen LogP contribution in [0.2, 0.25) is 0 Å². The van der Waals surface area contributed by atoms with E-state index in [-0.39, 0.29) is 30.2 Å². The predicted octanol–water partition coefficient (Wildman–Crippen LogP) is 4.32. The van der Waals surface area contributed by atoms with E-state index in [4.69, 9.17) is 0 Å². The van der Waals surface area contributed by atoms with Gasteiger partial charge in [-0.3, -0.25) is 14.4 Å². The van der Waals surface area contributed by atoms with Crippen molar-refractivity contribution in [1.29, 1.82) is 0 Å². The minimum Gasteiger partial charge on any atom is -0.323 e. The summed E-state index contributed by atoms with van der Waals surface area (Å²) in [5, 5.41) is 0. The molecule has 5 nitrogen and oxygen atoms in total. The number of nitrogens with zero attached hydrogens (tertiary/aromatic N) is 2. The fourth-order valence-electron chi connectivity index (χ4n) is 4.28. The number of anilines is 1. The number of carbonyl (C=O) groups is 3. The zero-order chi connectivity index (χ0) is 20.5. The van der Waals surface area contributed by atoms with Crippen LogP contribution in [-0.4, -0.2) is 34.7 Å². The second kappa shape index (κ2) is 8.26. The summed E-state index contributed by atoms with van der Waals surface area (Å²) >= 11 is 2.19. The first-order valence-corrected chi connectivity index (χ1v) is 11.1. The Balaban J connectivity index is 1.66. The lowest BCUT2D eigenvalue weighted by Crippen LogP contribution is -2.50. The van der Waals surface area contributed by atoms with Crippen LogP contribution in [0.4, 0.5) is 5.69 Å². The highest BCUT2D eigenvalue weighted by Gasteiger charge is 2.47. The molecule has 1 aliphatic carbocycles. The first kappa shape index (κ1) is 20.1. The number of amides is 3. The summed E-state index contributed by atoms with van der Waals surface area (Å²) in [5.41, 5.74) is 2.21. The van der Waals surface area contributed by atoms with E-state index < -0.39 is 6.04 Å². The molecular formula is C23H23IN2O3. The van der Waals surface area contributed by atoms with E-state index in [2.05, 4.69) is 22.6 Å². The van der Waals surface area contributed by atoms with E-state index in [0.717, 1.165) is 34.8 Å². The molecule has 2 aromatic carbocycles. The van der Waals surface area contributed by atoms with Crippen LogP contribution >= 0.6 is 22.6 Å². The third-order valence-corrected chi connectivity index (χ3v) is 6.51. The monoisotopic (exact) mass is 502 g/mol. The largest absolute Gasteiger partial charge is 0.323 e. The Kier molecular flexibility index (Phi) is 5.72. The molecule has 1 aliphatic heterocycles. The van der Waals surface area contributed by atoms with Crippen LogP contribution in [0.1, 0.15) is 48.0 Å². The molecular weight excluding hydrogens is 479 g/mol. The molecule has 2 aromatic rings. The van der Waals surface area contributed by atoms with Crippen molar-refractivity contribution in [1.82, 2.24) is 4.90 Å². The quantitative estimate of drug-likeness (QED) is 0.463. The van der Waals surface area contributed by atoms with E-state index in [1.165, 1.54) is 4.90 Å². The van der Waals surface area contributed by atoms with Gasteiger partial charge < -0.3 is 4.90 Å². The highest BCUT2D eigenvalue weighted by molar-refractivity contribution is 14.1. The third-order valence-electron chi connectivity index (χ3n) is 5.79. The average Bonchev–Trinajstić information content (AvgIpc) is 3.33. The molecule has 0 bridgehead atoms. The molecule has 0 aromatic heterocycles. The summed E-state index contributed by atoms with van der Waals surface area (Å²) in [5.74, 6) is -0.711. The number of benzene rings is 2. The Morgan fingerprint density at radius 1 is 1.00 bits per heavy atom. The zero-order valence-electron chi connectivity index (χ0n) is 16.3. The van der Waals surface area contributed by atoms with Gasteiger partial charge in [0.05, 0.1) is 12.1 Å². The van der Waals surface area contributed by atoms with Crippen LogP contribution < -0.4 is 4.90 Å². The lowest BCUT2D eigenvalue weighted by Gasteiger charge is -2.33. The van der Waals surface area contributed by atoms with E-state index in [1.807, 2.05) is 31.2 Å². The van der Waals surface area contributed by atoms with Crippen molar-refractivity contribution in [3.63, 3.8) is 0 Å². The zero-order valence-corrected chi connectivity index (χ0v) is 18.5. The van der Waals surface area contributed by atoms with Crippen molar-refractivity contribution in [2.75, 3.05) is 4.90 Å². The molecule has 4 rings (SSSR count). The van der Waals surface area contributed by atoms with E-state index in [9.17, 15) is 14.4 Å². The Morgan fingerprint density at radius 3 is 2.24 bits per heavy atom. The van der Waals surface area contributed by atoms with Gasteiger partial charge in [-0.25, -0.2) is 4.90 Å². The second-order valence-electron chi connectivity index (χ2n) is 7.78. The van der Waals surface area contributed by atoms with Gasteiger partial charge in [-0.05, 0) is 78.8 Å². The molecule has 1 heterocycles. The van der Waals surface area contributed by atoms with Gasteiger partial charge in [0, 0.05) is 15.2 Å². The highest BCUT2D eigenvalue weighted by Crippen LogP contribution is 2.33. The van der Waals surface area contributed by atoms with Gasteiger partial charge >= 0.3 is 0 Å². The van der Waals surface area contributed by atoms with Gasteiger partial charge in [-0.15, -0.1) is 0 Å². The van der Waals surface area contributed by atoms with Crippen molar-refractivity contribution >= 4 is 46.0 Å². The molecule has 2 fully saturated rings. The summed E-state index contributed by atoms with van der Waals surface area (Å²) < 4.78 is 1.03. The Morgan fingerprint density at radius 2 is 1.62 bits per heavy atom. The molecule has 0 N–H and O–H groups in total. The number of rotatable bonds is 4. The molecule has 1 unspecified atom stereocenters. The smallest absolute Gasteiger partial charge is 0.257 e. The van der Waals surface area contributed by atoms with Crippen LogP contribution in [0.3, 0.4) is 0 Å². The lowest BCUT2D eigenvalue weighted by molar-refractivity contribution is -0.123. The standard InChI is InChI=1S/C23H23IN2O3/c1-15-6-8-16(9-7-15)22(28)25(18-4-2-3-5-18)20-14-21(27)26(23(20)29)19-12-10-17(24)11-13-19/h6-13,18,20H,2-5,14H2,1H3. The normalized spacial score (nSPS) is 19.8. The number of hydrogen-bond acceptors (Lipinski definition) is 3. The second-order valence-corrected chi connectivity index (χ2v) is 9.03. The molecule has 1 saturated heterocycles. The van der Waals surface area contributed by atoms with Gasteiger partial charge in [0.1, 0.15) is 6.04 Å². The third kappa shape index (κ3) is 3.95. The van der Waals surface area contributed by atoms with E-state index in [1.54, 1.807) is 29.2 Å². The SMILES string of the molecule is Cc1ccc(C(=O)N(C2CCCC2)C2CC(=O)N(c3ccc(I)cc3)C2=O)cc1. The Labute approximate surface area is 184 Å². The summed E-state index contributed by atoms with van der Waals surface area (Å²) in [7, 11) is 0. The van der Waals surface area contributed by atoms with Gasteiger partial charge in [-0.2, -0.15) is 0 Å². The molecule has 0 spiro atoms. The fraction of sp³-hybridized carbons (Fsp3) is 0.348. The van der Waals surface area contributed by atoms with Gasteiger partial charge in [0.15, 0.2) is 0 Å². The van der Waals surface area contributed by atoms with Crippen LogP contribution in [0.5, 0.6) is 0 Å². The maximum absolute atomic E-state index is 13.4. The lowest BCUT2D eigenvalue weighted by atomic mass is 10.0. The van der Waals surface area contributed by atoms with Crippen molar-refractivity contribution in [2.24, 2.45) is 0 Å². The van der Waals surface area contributed by atoms with Crippen molar-refractivity contribution < 1.29 is 14.4 Å². The van der Waals surface area contributed by atoms with Crippen molar-refractivity contribution in [2.45, 2.75) is 51.1 Å². The molecule has 1 saturated carbocycles. The maximum atomic E-state index is 13.4. The molecule has 3 amide bonds. The summed E-state index contributed by atoms with van der Waals surface area (Å²) in [6.07, 6.45) is 3.87. The number of carbonyl (C=O) groups excluding carboxylic acids is 3. The molecule has 150 valence electrons. The fourth-order valence-corrected chi connectivity index (χ4v) is 4.64. The van der Waals surface area contributed by atoms with Crippen molar-refractivity contribution in [3.8, 4) is 0 Å². The van der Waals surface area contributed by atoms with Gasteiger partial charge in [-0.1, -0.05) is 30.5 Å². The Hall–Kier alpha value is -2.22. The summed E-state index contributed by atoms with van der Waals surface area (Å²) in [4.78, 5) is 42.4. The van der Waals surface area contributed by atoms with Crippen LogP contribution in [-0.2, 0) is 9.59 Å². The number of aryl methyl sites for hydroxylation is 1. The number of hydrogen-bond donors (Lipinski definition) is 0. The number of halogens is 1. The van der Waals surface area contributed by atoms with Gasteiger partial charge in [0.2, 0.25) is 5.91 Å². The maximum Gasteiger partial charge on any atom is 0.257 e. The molecule has 1 atom stereocenters. The molecule has 6 heteroatoms. The van der Waals surface area contributed by atoms with Gasteiger partial charge in [0.25, 0.3) is 11.8 Å². The van der Waals surface area contributed by atoms with Crippen LogP contribution in [0.15, 0.2) is 48.5 Å². The highest BCUT2D eigenvalue weighted by atomic mass is 127. The first-order chi connectivity index (χ1) is 14.0. The van der Waals surface area contributed by atoms with Crippen molar-refractivity contribution in [3.05, 3.63) is 63.2 Å². The first-order valence-electron chi connectivity index (χ1n) is 9.97. The minimum atomic E-state index is -0.737. The van der Waals surface area contributed by atoms with Crippen LogP contribution in [0.25, 0.3) is 0 Å². The molecule has 2 aliphatic rings. The topological polar surface area (TPSA) is 57.7 Å². The molecule has 0 radical (unpaired) electrons.